The van der Waals surface area contributed by atoms with Crippen molar-refractivity contribution < 1.29 is 38.3 Å². The van der Waals surface area contributed by atoms with E-state index in [1.54, 1.807) is 13.8 Å². The first-order chi connectivity index (χ1) is 40.8. The van der Waals surface area contributed by atoms with Gasteiger partial charge in [-0.2, -0.15) is 0 Å². The molecule has 86 heavy (non-hydrogen) atoms. The molecule has 1 unspecified atom stereocenters. The minimum Gasteiger partial charge on any atom is -0.467 e. The lowest BCUT2D eigenvalue weighted by molar-refractivity contribution is -0.146. The Labute approximate surface area is 507 Å². The van der Waals surface area contributed by atoms with E-state index in [9.17, 15) is 33.6 Å². The molecule has 8 bridgehead atoms. The number of rotatable bonds is 30. The van der Waals surface area contributed by atoms with E-state index in [-0.39, 0.29) is 62.2 Å². The Kier molecular flexibility index (Phi) is 24.6. The molecule has 0 saturated heterocycles. The number of allylic oxidation sites excluding steroid dienone is 4. The van der Waals surface area contributed by atoms with Gasteiger partial charge in [0.1, 0.15) is 30.2 Å². The van der Waals surface area contributed by atoms with Gasteiger partial charge in [0.15, 0.2) is 0 Å². The topological polar surface area (TPSA) is 287 Å². The lowest BCUT2D eigenvalue weighted by Gasteiger charge is -2.29. The van der Waals surface area contributed by atoms with Crippen LogP contribution in [0.5, 0.6) is 0 Å². The quantitative estimate of drug-likeness (QED) is 0.0175. The van der Waals surface area contributed by atoms with Crippen LogP contribution in [0.3, 0.4) is 0 Å². The van der Waals surface area contributed by atoms with E-state index in [1.165, 1.54) is 19.6 Å². The number of hydrogen-bond acceptors (Lipinski definition) is 11. The molecule has 0 fully saturated rings. The number of carbonyl (C=O) groups excluding carboxylic acids is 7. The SMILES string of the molecule is CCCCCCNC(=O)CCC1=C(C)c2cc3[nH]c(cc3C)cc3[nH]c(cc4nc(cc1n2)C(CCC(=O)N[C@H](C(=O)NC(Cc1cnc[nH]1)C(=O)N[C@@H](CC(C)C)C(=O)N[C@@H](CC(C)C)C(=O)N[C@@H](CC(C)C)C(=O)OC)C(C)C)=C4C)cc3C. The smallest absolute Gasteiger partial charge is 0.328 e. The highest BCUT2D eigenvalue weighted by atomic mass is 16.5. The number of amides is 6. The second-order valence-electron chi connectivity index (χ2n) is 24.8. The third kappa shape index (κ3) is 19.1. The fraction of sp³-hybridized carbons (Fsp3) is 0.545. The van der Waals surface area contributed by atoms with E-state index < -0.39 is 71.6 Å². The third-order valence-corrected chi connectivity index (χ3v) is 15.7. The van der Waals surface area contributed by atoms with E-state index in [1.807, 2.05) is 73.6 Å². The number of fused-ring (bicyclic) bond motifs is 8. The van der Waals surface area contributed by atoms with Gasteiger partial charge in [-0.1, -0.05) is 81.6 Å². The number of aromatic nitrogens is 6. The number of nitrogens with zero attached hydrogens (tertiary/aromatic N) is 3. The molecule has 2 aliphatic rings. The van der Waals surface area contributed by atoms with E-state index >= 15 is 0 Å². The van der Waals surface area contributed by atoms with Gasteiger partial charge in [-0.3, -0.25) is 28.8 Å². The van der Waals surface area contributed by atoms with Crippen LogP contribution in [-0.4, -0.2) is 115 Å². The van der Waals surface area contributed by atoms with E-state index in [0.29, 0.717) is 42.2 Å². The standard InChI is InChI=1S/C66H94N12O8/c1-15-16-17-18-23-68-59(79)21-19-47-43(13)52-32-50-41(11)28-44(71-50)29-49-40(10)27-45(70-49)30-51-42(12)48(53(72-51)33-54(47)73-52)20-22-60(80)78-61(39(8)9)65(84)76-57(31-46-34-67-35-69-46)64(83)75-55(24-36(2)3)62(81)74-56(25-37(4)5)63(82)77-58(26-38(6)7)66(85)86-14/h27-30,32-39,55-58,61,70-71H,15-26,31H2,1-14H3,(H,67,69)(H,68,79)(H,74,81)(H,75,83)(H,76,84)(H,77,82)(H,78,80)/t55-,56-,57?,58-,61-/m0/s1. The fourth-order valence-corrected chi connectivity index (χ4v) is 10.9. The summed E-state index contributed by atoms with van der Waals surface area (Å²) >= 11 is 0. The van der Waals surface area contributed by atoms with Gasteiger partial charge in [0.25, 0.3) is 0 Å². The molecule has 0 radical (unpaired) electrons. The largest absolute Gasteiger partial charge is 0.467 e. The zero-order valence-corrected chi connectivity index (χ0v) is 53.1. The zero-order valence-electron chi connectivity index (χ0n) is 53.1. The molecule has 6 amide bonds. The molecule has 9 N–H and O–H groups in total. The van der Waals surface area contributed by atoms with Gasteiger partial charge >= 0.3 is 5.97 Å². The average Bonchev–Trinajstić information content (AvgIpc) is 2.46. The summed E-state index contributed by atoms with van der Waals surface area (Å²) < 4.78 is 4.97. The summed E-state index contributed by atoms with van der Waals surface area (Å²) in [5, 5.41) is 17.4. The molecule has 466 valence electrons. The molecule has 4 aromatic heterocycles. The van der Waals surface area contributed by atoms with Crippen LogP contribution in [0.15, 0.2) is 48.9 Å². The summed E-state index contributed by atoms with van der Waals surface area (Å²) in [6.45, 7) is 26.0. The van der Waals surface area contributed by atoms with Crippen molar-refractivity contribution in [2.75, 3.05) is 13.7 Å². The molecule has 0 saturated carbocycles. The van der Waals surface area contributed by atoms with Crippen molar-refractivity contribution in [3.05, 3.63) is 88.5 Å². The Hall–Kier alpha value is -7.90. The minimum absolute atomic E-state index is 0.0169. The van der Waals surface area contributed by atoms with Crippen LogP contribution >= 0.6 is 0 Å². The van der Waals surface area contributed by atoms with Gasteiger partial charge in [0.2, 0.25) is 35.4 Å². The number of aryl methyl sites for hydroxylation is 2. The van der Waals surface area contributed by atoms with E-state index in [4.69, 9.17) is 14.7 Å². The number of imidazole rings is 1. The fourth-order valence-electron chi connectivity index (χ4n) is 10.9. The number of carbonyl (C=O) groups is 7. The Morgan fingerprint density at radius 3 is 1.57 bits per heavy atom. The van der Waals surface area contributed by atoms with Crippen molar-refractivity contribution in [3.8, 4) is 0 Å². The molecular formula is C66H94N12O8. The summed E-state index contributed by atoms with van der Waals surface area (Å²) in [7, 11) is 1.25. The van der Waals surface area contributed by atoms with Gasteiger partial charge in [0, 0.05) is 59.8 Å². The Morgan fingerprint density at radius 1 is 0.547 bits per heavy atom. The number of H-pyrrole nitrogens is 3. The Morgan fingerprint density at radius 2 is 1.05 bits per heavy atom. The molecule has 2 aliphatic heterocycles. The van der Waals surface area contributed by atoms with Gasteiger partial charge in [-0.05, 0) is 160 Å². The van der Waals surface area contributed by atoms with Gasteiger partial charge in [0.05, 0.1) is 36.2 Å². The highest BCUT2D eigenvalue weighted by Gasteiger charge is 2.35. The van der Waals surface area contributed by atoms with Crippen molar-refractivity contribution >= 4 is 85.8 Å². The first-order valence-corrected chi connectivity index (χ1v) is 30.8. The number of ether oxygens (including phenoxy) is 1. The average molecular weight is 1180 g/mol. The Balaban J connectivity index is 1.25. The van der Waals surface area contributed by atoms with Crippen LogP contribution in [-0.2, 0) is 44.7 Å². The molecule has 6 heterocycles. The molecular weight excluding hydrogens is 1090 g/mol. The number of methoxy groups -OCH3 is 1. The van der Waals surface area contributed by atoms with E-state index in [0.717, 1.165) is 86.9 Å². The molecule has 20 nitrogen and oxygen atoms in total. The first kappa shape index (κ1) is 67.2. The maximum absolute atomic E-state index is 14.5. The summed E-state index contributed by atoms with van der Waals surface area (Å²) in [4.78, 5) is 122. The molecule has 0 spiro atoms. The lowest BCUT2D eigenvalue weighted by Crippen LogP contribution is -2.60. The van der Waals surface area contributed by atoms with Gasteiger partial charge < -0.3 is 51.6 Å². The van der Waals surface area contributed by atoms with Crippen molar-refractivity contribution in [3.63, 3.8) is 0 Å². The van der Waals surface area contributed by atoms with Gasteiger partial charge in [-0.15, -0.1) is 0 Å². The van der Waals surface area contributed by atoms with E-state index in [2.05, 4.69) is 90.8 Å². The number of nitrogens with one attached hydrogen (secondary N) is 9. The Bertz CT molecular complexity index is 3290. The van der Waals surface area contributed by atoms with Crippen molar-refractivity contribution in [2.45, 2.75) is 197 Å². The highest BCUT2D eigenvalue weighted by molar-refractivity contribution is 5.99. The van der Waals surface area contributed by atoms with Crippen LogP contribution in [0.2, 0.25) is 0 Å². The van der Waals surface area contributed by atoms with Crippen molar-refractivity contribution in [1.82, 2.24) is 61.8 Å². The van der Waals surface area contributed by atoms with Crippen molar-refractivity contribution in [1.29, 1.82) is 0 Å². The monoisotopic (exact) mass is 1180 g/mol. The second kappa shape index (κ2) is 31.5. The summed E-state index contributed by atoms with van der Waals surface area (Å²) in [6.07, 6.45) is 8.95. The maximum Gasteiger partial charge on any atom is 0.328 e. The second-order valence-corrected chi connectivity index (χ2v) is 24.8. The maximum atomic E-state index is 14.5. The number of unbranched alkanes of at least 4 members (excludes halogenated alkanes) is 3. The van der Waals surface area contributed by atoms with Gasteiger partial charge in [-0.25, -0.2) is 19.7 Å². The molecule has 5 atom stereocenters. The first-order valence-electron chi connectivity index (χ1n) is 30.8. The predicted molar refractivity (Wildman–Crippen MR) is 338 cm³/mol. The molecule has 0 aliphatic carbocycles. The highest BCUT2D eigenvalue weighted by Crippen LogP contribution is 2.38. The summed E-state index contributed by atoms with van der Waals surface area (Å²) in [6, 6.07) is 6.87. The summed E-state index contributed by atoms with van der Waals surface area (Å²) in [5.74, 6) is -3.95. The minimum atomic E-state index is -1.23. The number of hydrogen-bond donors (Lipinski definition) is 9. The zero-order chi connectivity index (χ0) is 62.9. The molecule has 4 aromatic rings. The van der Waals surface area contributed by atoms with Crippen LogP contribution < -0.4 is 31.9 Å². The van der Waals surface area contributed by atoms with Crippen molar-refractivity contribution in [2.24, 2.45) is 23.7 Å². The molecule has 6 rings (SSSR count). The van der Waals surface area contributed by atoms with Crippen LogP contribution in [0.4, 0.5) is 0 Å². The van der Waals surface area contributed by atoms with Crippen LogP contribution in [0, 0.1) is 37.5 Å². The molecule has 20 heteroatoms. The van der Waals surface area contributed by atoms with Crippen LogP contribution in [0.25, 0.3) is 44.4 Å². The van der Waals surface area contributed by atoms with Crippen LogP contribution in [0.1, 0.15) is 186 Å². The third-order valence-electron chi connectivity index (χ3n) is 15.7. The number of esters is 1. The normalized spacial score (nSPS) is 14.3. The summed E-state index contributed by atoms with van der Waals surface area (Å²) in [5.41, 5.74) is 12.7. The predicted octanol–water partition coefficient (Wildman–Crippen LogP) is 9.41. The molecule has 0 aromatic carbocycles. The lowest BCUT2D eigenvalue weighted by atomic mass is 9.97. The number of aromatic amines is 3.